The molecule has 0 fully saturated rings. The second-order valence-corrected chi connectivity index (χ2v) is 2.78. The van der Waals surface area contributed by atoms with Gasteiger partial charge in [-0.25, -0.2) is 4.98 Å². The first-order valence-electron chi connectivity index (χ1n) is 4.74. The number of aryl methyl sites for hydroxylation is 1. The number of fused-ring (bicyclic) bond motifs is 1. The molecular formula is C11H12FN3. The van der Waals surface area contributed by atoms with Gasteiger partial charge in [0.1, 0.15) is 17.3 Å². The van der Waals surface area contributed by atoms with Gasteiger partial charge in [0.25, 0.3) is 0 Å². The van der Waals surface area contributed by atoms with Crippen molar-refractivity contribution in [2.24, 2.45) is 7.05 Å². The van der Waals surface area contributed by atoms with Crippen molar-refractivity contribution in [3.05, 3.63) is 29.8 Å². The Kier molecular flexibility index (Phi) is 3.40. The number of hydrogen-bond donors (Lipinski definition) is 0. The van der Waals surface area contributed by atoms with E-state index in [-0.39, 0.29) is 5.56 Å². The zero-order valence-corrected chi connectivity index (χ0v) is 8.95. The summed E-state index contributed by atoms with van der Waals surface area (Å²) < 4.78 is 14.7. The fourth-order valence-corrected chi connectivity index (χ4v) is 1.24. The topological polar surface area (TPSA) is 41.6 Å². The van der Waals surface area contributed by atoms with E-state index in [4.69, 9.17) is 5.26 Å². The van der Waals surface area contributed by atoms with E-state index in [0.29, 0.717) is 5.65 Å². The molecule has 2 aromatic rings. The quantitative estimate of drug-likeness (QED) is 0.620. The van der Waals surface area contributed by atoms with Gasteiger partial charge in [-0.1, -0.05) is 13.8 Å². The molecule has 0 aliphatic rings. The van der Waals surface area contributed by atoms with Crippen LogP contribution >= 0.6 is 0 Å². The SMILES string of the molecule is CC.Cn1ccc2cc(C#N)c(F)nc21. The number of nitriles is 1. The van der Waals surface area contributed by atoms with Gasteiger partial charge >= 0.3 is 0 Å². The molecule has 3 nitrogen and oxygen atoms in total. The Balaban J connectivity index is 0.000000531. The molecular weight excluding hydrogens is 193 g/mol. The molecule has 0 amide bonds. The maximum atomic E-state index is 13.0. The van der Waals surface area contributed by atoms with Crippen molar-refractivity contribution in [1.82, 2.24) is 9.55 Å². The monoisotopic (exact) mass is 205 g/mol. The highest BCUT2D eigenvalue weighted by Gasteiger charge is 2.07. The highest BCUT2D eigenvalue weighted by Crippen LogP contribution is 2.15. The second-order valence-electron chi connectivity index (χ2n) is 2.78. The van der Waals surface area contributed by atoms with Crippen molar-refractivity contribution >= 4 is 11.0 Å². The van der Waals surface area contributed by atoms with Gasteiger partial charge in [0.05, 0.1) is 0 Å². The van der Waals surface area contributed by atoms with Crippen LogP contribution in [-0.2, 0) is 7.05 Å². The smallest absolute Gasteiger partial charge is 0.232 e. The lowest BCUT2D eigenvalue weighted by Crippen LogP contribution is -1.93. The summed E-state index contributed by atoms with van der Waals surface area (Å²) in [6.07, 6.45) is 1.78. The standard InChI is InChI=1S/C9H6FN3.C2H6/c1-13-3-2-6-4-7(5-11)8(10)12-9(6)13;1-2/h2-4H,1H3;1-2H3. The van der Waals surface area contributed by atoms with E-state index in [1.807, 2.05) is 13.8 Å². The largest absolute Gasteiger partial charge is 0.335 e. The molecule has 2 heterocycles. The van der Waals surface area contributed by atoms with Gasteiger partial charge in [0.15, 0.2) is 0 Å². The average molecular weight is 205 g/mol. The third-order valence-corrected chi connectivity index (χ3v) is 1.92. The number of hydrogen-bond acceptors (Lipinski definition) is 2. The van der Waals surface area contributed by atoms with Crippen LogP contribution in [0.1, 0.15) is 19.4 Å². The van der Waals surface area contributed by atoms with Crippen molar-refractivity contribution in [3.63, 3.8) is 0 Å². The number of pyridine rings is 1. The van der Waals surface area contributed by atoms with Gasteiger partial charge in [-0.05, 0) is 12.1 Å². The van der Waals surface area contributed by atoms with Crippen LogP contribution < -0.4 is 0 Å². The summed E-state index contributed by atoms with van der Waals surface area (Å²) in [6.45, 7) is 4.00. The van der Waals surface area contributed by atoms with Crippen LogP contribution in [0, 0.1) is 17.3 Å². The van der Waals surface area contributed by atoms with Gasteiger partial charge < -0.3 is 4.57 Å². The van der Waals surface area contributed by atoms with Crippen molar-refractivity contribution in [1.29, 1.82) is 5.26 Å². The third kappa shape index (κ3) is 1.96. The molecule has 0 spiro atoms. The highest BCUT2D eigenvalue weighted by atomic mass is 19.1. The predicted octanol–water partition coefficient (Wildman–Crippen LogP) is 2.61. The van der Waals surface area contributed by atoms with Crippen LogP contribution in [0.5, 0.6) is 0 Å². The molecule has 0 atom stereocenters. The van der Waals surface area contributed by atoms with E-state index in [0.717, 1.165) is 5.39 Å². The predicted molar refractivity (Wildman–Crippen MR) is 56.7 cm³/mol. The maximum Gasteiger partial charge on any atom is 0.232 e. The minimum absolute atomic E-state index is 0.0151. The minimum Gasteiger partial charge on any atom is -0.335 e. The Morgan fingerprint density at radius 1 is 1.47 bits per heavy atom. The Bertz CT molecular complexity index is 508. The van der Waals surface area contributed by atoms with Gasteiger partial charge in [-0.3, -0.25) is 0 Å². The van der Waals surface area contributed by atoms with Gasteiger partial charge in [0.2, 0.25) is 5.95 Å². The van der Waals surface area contributed by atoms with Crippen LogP contribution in [0.15, 0.2) is 18.3 Å². The summed E-state index contributed by atoms with van der Waals surface area (Å²) in [5.74, 6) is -0.711. The van der Waals surface area contributed by atoms with Crippen LogP contribution in [0.4, 0.5) is 4.39 Å². The van der Waals surface area contributed by atoms with Crippen molar-refractivity contribution < 1.29 is 4.39 Å². The molecule has 0 aromatic carbocycles. The number of aromatic nitrogens is 2. The molecule has 0 unspecified atom stereocenters. The van der Waals surface area contributed by atoms with Crippen LogP contribution in [-0.4, -0.2) is 9.55 Å². The average Bonchev–Trinajstić information content (AvgIpc) is 2.62. The molecule has 78 valence electrons. The molecule has 0 aliphatic heterocycles. The van der Waals surface area contributed by atoms with Gasteiger partial charge in [0, 0.05) is 18.6 Å². The van der Waals surface area contributed by atoms with Gasteiger partial charge in [-0.2, -0.15) is 9.65 Å². The zero-order valence-electron chi connectivity index (χ0n) is 8.95. The van der Waals surface area contributed by atoms with E-state index in [2.05, 4.69) is 4.98 Å². The van der Waals surface area contributed by atoms with E-state index in [1.165, 1.54) is 6.07 Å². The summed E-state index contributed by atoms with van der Waals surface area (Å²) >= 11 is 0. The molecule has 0 saturated heterocycles. The lowest BCUT2D eigenvalue weighted by molar-refractivity contribution is 0.582. The maximum absolute atomic E-state index is 13.0. The first-order chi connectivity index (χ1) is 7.22. The number of nitrogens with zero attached hydrogens (tertiary/aromatic N) is 3. The third-order valence-electron chi connectivity index (χ3n) is 1.92. The fourth-order valence-electron chi connectivity index (χ4n) is 1.24. The first-order valence-corrected chi connectivity index (χ1v) is 4.74. The highest BCUT2D eigenvalue weighted by molar-refractivity contribution is 5.77. The zero-order chi connectivity index (χ0) is 11.4. The lowest BCUT2D eigenvalue weighted by Gasteiger charge is -1.96. The molecule has 0 saturated carbocycles. The number of rotatable bonds is 0. The Morgan fingerprint density at radius 2 is 2.13 bits per heavy atom. The Morgan fingerprint density at radius 3 is 2.73 bits per heavy atom. The molecule has 2 rings (SSSR count). The normalized spacial score (nSPS) is 9.27. The Hall–Kier alpha value is -1.89. The first kappa shape index (κ1) is 11.2. The summed E-state index contributed by atoms with van der Waals surface area (Å²) in [5.41, 5.74) is 0.537. The van der Waals surface area contributed by atoms with Gasteiger partial charge in [-0.15, -0.1) is 0 Å². The van der Waals surface area contributed by atoms with Crippen molar-refractivity contribution in [2.45, 2.75) is 13.8 Å². The van der Waals surface area contributed by atoms with Crippen LogP contribution in [0.2, 0.25) is 0 Å². The lowest BCUT2D eigenvalue weighted by atomic mass is 10.2. The summed E-state index contributed by atoms with van der Waals surface area (Å²) in [6, 6.07) is 5.04. The molecule has 2 aromatic heterocycles. The summed E-state index contributed by atoms with van der Waals surface area (Å²) in [7, 11) is 1.78. The summed E-state index contributed by atoms with van der Waals surface area (Å²) in [4.78, 5) is 3.68. The summed E-state index contributed by atoms with van der Waals surface area (Å²) in [5, 5.41) is 9.33. The van der Waals surface area contributed by atoms with E-state index < -0.39 is 5.95 Å². The molecule has 4 heteroatoms. The molecule has 0 aliphatic carbocycles. The number of halogens is 1. The molecule has 0 bridgehead atoms. The van der Waals surface area contributed by atoms with Crippen molar-refractivity contribution in [2.75, 3.05) is 0 Å². The molecule has 0 radical (unpaired) electrons. The fraction of sp³-hybridized carbons (Fsp3) is 0.273. The molecule has 0 N–H and O–H groups in total. The minimum atomic E-state index is -0.711. The van der Waals surface area contributed by atoms with E-state index in [1.54, 1.807) is 29.9 Å². The van der Waals surface area contributed by atoms with Crippen LogP contribution in [0.3, 0.4) is 0 Å². The second kappa shape index (κ2) is 4.56. The van der Waals surface area contributed by atoms with E-state index in [9.17, 15) is 4.39 Å². The van der Waals surface area contributed by atoms with Crippen molar-refractivity contribution in [3.8, 4) is 6.07 Å². The molecule has 15 heavy (non-hydrogen) atoms. The Labute approximate surface area is 87.8 Å². The van der Waals surface area contributed by atoms with E-state index >= 15 is 0 Å². The van der Waals surface area contributed by atoms with Crippen LogP contribution in [0.25, 0.3) is 11.0 Å².